The third kappa shape index (κ3) is 2.60. The Morgan fingerprint density at radius 2 is 2.13 bits per heavy atom. The van der Waals surface area contributed by atoms with E-state index in [2.05, 4.69) is 52.0 Å². The van der Waals surface area contributed by atoms with E-state index < -0.39 is 0 Å². The molecule has 2 aromatic heterocycles. The van der Waals surface area contributed by atoms with E-state index in [1.165, 1.54) is 10.4 Å². The Bertz CT molecular complexity index is 869. The second-order valence-corrected chi connectivity index (χ2v) is 7.86. The first kappa shape index (κ1) is 14.9. The van der Waals surface area contributed by atoms with Gasteiger partial charge in [0.1, 0.15) is 12.1 Å². The Kier molecular flexibility index (Phi) is 3.73. The summed E-state index contributed by atoms with van der Waals surface area (Å²) < 4.78 is 8.93. The molecule has 23 heavy (non-hydrogen) atoms. The van der Waals surface area contributed by atoms with E-state index in [9.17, 15) is 0 Å². The van der Waals surface area contributed by atoms with Crippen molar-refractivity contribution in [1.82, 2.24) is 14.8 Å². The van der Waals surface area contributed by atoms with Crippen LogP contribution in [0.3, 0.4) is 0 Å². The molecule has 1 aromatic carbocycles. The number of hydrogen-bond donors (Lipinski definition) is 0. The van der Waals surface area contributed by atoms with Crippen LogP contribution in [0.25, 0.3) is 21.8 Å². The number of rotatable bonds is 2. The molecule has 3 aromatic rings. The fourth-order valence-electron chi connectivity index (χ4n) is 2.85. The van der Waals surface area contributed by atoms with E-state index in [1.54, 1.807) is 17.7 Å². The monoisotopic (exact) mass is 389 g/mol. The zero-order chi connectivity index (χ0) is 16.0. The Balaban J connectivity index is 1.87. The van der Waals surface area contributed by atoms with Crippen LogP contribution in [0.4, 0.5) is 0 Å². The normalized spacial score (nSPS) is 13.4. The van der Waals surface area contributed by atoms with Gasteiger partial charge in [-0.1, -0.05) is 15.9 Å². The molecule has 0 radical (unpaired) electrons. The Hall–Kier alpha value is -1.66. The van der Waals surface area contributed by atoms with E-state index in [0.29, 0.717) is 12.6 Å². The fraction of sp³-hybridized carbons (Fsp3) is 0.294. The summed E-state index contributed by atoms with van der Waals surface area (Å²) in [5.74, 6) is 1.89. The number of nitrogens with zero attached hydrogens (tertiary/aromatic N) is 3. The summed E-state index contributed by atoms with van der Waals surface area (Å²) in [7, 11) is 0. The maximum absolute atomic E-state index is 5.89. The molecule has 0 fully saturated rings. The largest absolute Gasteiger partial charge is 0.493 e. The SMILES string of the molecule is CC(C)n1ncnc1-c1cc2c(s1)CCOc1ccc(Br)cc1-2. The highest BCUT2D eigenvalue weighted by Crippen LogP contribution is 2.43. The van der Waals surface area contributed by atoms with Crippen LogP contribution in [-0.4, -0.2) is 21.4 Å². The minimum atomic E-state index is 0.291. The molecule has 0 N–H and O–H groups in total. The number of ether oxygens (including phenoxy) is 1. The van der Waals surface area contributed by atoms with Gasteiger partial charge in [0.15, 0.2) is 5.82 Å². The average molecular weight is 390 g/mol. The van der Waals surface area contributed by atoms with Crippen LogP contribution in [0.5, 0.6) is 5.75 Å². The molecule has 0 aliphatic carbocycles. The number of fused-ring (bicyclic) bond motifs is 3. The molecule has 0 atom stereocenters. The average Bonchev–Trinajstić information content (AvgIpc) is 3.12. The summed E-state index contributed by atoms with van der Waals surface area (Å²) in [6.07, 6.45) is 2.55. The summed E-state index contributed by atoms with van der Waals surface area (Å²) in [6, 6.07) is 8.69. The Labute approximate surface area is 147 Å². The summed E-state index contributed by atoms with van der Waals surface area (Å²) >= 11 is 5.35. The number of halogens is 1. The summed E-state index contributed by atoms with van der Waals surface area (Å²) in [4.78, 5) is 6.97. The summed E-state index contributed by atoms with van der Waals surface area (Å²) in [5, 5.41) is 4.36. The number of thiophene rings is 1. The molecule has 0 unspecified atom stereocenters. The molecule has 1 aliphatic rings. The lowest BCUT2D eigenvalue weighted by Gasteiger charge is -2.08. The summed E-state index contributed by atoms with van der Waals surface area (Å²) in [6.45, 7) is 4.95. The molecule has 0 saturated carbocycles. The Morgan fingerprint density at radius 3 is 2.96 bits per heavy atom. The molecule has 118 valence electrons. The van der Waals surface area contributed by atoms with Crippen LogP contribution in [0.1, 0.15) is 24.8 Å². The topological polar surface area (TPSA) is 39.9 Å². The molecule has 1 aliphatic heterocycles. The zero-order valence-electron chi connectivity index (χ0n) is 12.9. The Morgan fingerprint density at radius 1 is 1.26 bits per heavy atom. The lowest BCUT2D eigenvalue weighted by atomic mass is 10.0. The lowest BCUT2D eigenvalue weighted by Crippen LogP contribution is -2.04. The van der Waals surface area contributed by atoms with Crippen molar-refractivity contribution >= 4 is 27.3 Å². The van der Waals surface area contributed by atoms with Crippen LogP contribution in [0, 0.1) is 0 Å². The van der Waals surface area contributed by atoms with Gasteiger partial charge in [-0.05, 0) is 38.1 Å². The van der Waals surface area contributed by atoms with Crippen LogP contribution in [0.15, 0.2) is 35.1 Å². The predicted molar refractivity (Wildman–Crippen MR) is 96.1 cm³/mol. The highest BCUT2D eigenvalue weighted by molar-refractivity contribution is 9.10. The first-order valence-corrected chi connectivity index (χ1v) is 9.19. The van der Waals surface area contributed by atoms with Crippen LogP contribution < -0.4 is 4.74 Å². The van der Waals surface area contributed by atoms with E-state index in [0.717, 1.165) is 32.9 Å². The van der Waals surface area contributed by atoms with Crippen LogP contribution in [-0.2, 0) is 6.42 Å². The van der Waals surface area contributed by atoms with E-state index in [-0.39, 0.29) is 0 Å². The van der Waals surface area contributed by atoms with Gasteiger partial charge in [0.2, 0.25) is 0 Å². The van der Waals surface area contributed by atoms with E-state index >= 15 is 0 Å². The van der Waals surface area contributed by atoms with Crippen molar-refractivity contribution in [2.24, 2.45) is 0 Å². The molecule has 0 amide bonds. The van der Waals surface area contributed by atoms with Crippen molar-refractivity contribution in [3.8, 4) is 27.6 Å². The van der Waals surface area contributed by atoms with E-state index in [4.69, 9.17) is 4.74 Å². The number of aromatic nitrogens is 3. The molecule has 6 heteroatoms. The molecular formula is C17H16BrN3OS. The maximum Gasteiger partial charge on any atom is 0.168 e. The van der Waals surface area contributed by atoms with Gasteiger partial charge in [0, 0.05) is 32.9 Å². The van der Waals surface area contributed by atoms with Crippen molar-refractivity contribution < 1.29 is 4.74 Å². The van der Waals surface area contributed by atoms with Gasteiger partial charge in [-0.25, -0.2) is 9.67 Å². The van der Waals surface area contributed by atoms with Crippen molar-refractivity contribution in [3.63, 3.8) is 0 Å². The van der Waals surface area contributed by atoms with Crippen LogP contribution >= 0.6 is 27.3 Å². The second-order valence-electron chi connectivity index (χ2n) is 5.81. The number of hydrogen-bond acceptors (Lipinski definition) is 4. The van der Waals surface area contributed by atoms with Crippen molar-refractivity contribution in [3.05, 3.63) is 39.9 Å². The van der Waals surface area contributed by atoms with Gasteiger partial charge >= 0.3 is 0 Å². The third-order valence-electron chi connectivity index (χ3n) is 3.91. The molecule has 0 spiro atoms. The molecule has 0 saturated heterocycles. The molecular weight excluding hydrogens is 374 g/mol. The minimum absolute atomic E-state index is 0.291. The minimum Gasteiger partial charge on any atom is -0.493 e. The van der Waals surface area contributed by atoms with Gasteiger partial charge < -0.3 is 4.74 Å². The van der Waals surface area contributed by atoms with Gasteiger partial charge in [-0.3, -0.25) is 0 Å². The van der Waals surface area contributed by atoms with Gasteiger partial charge in [0.25, 0.3) is 0 Å². The van der Waals surface area contributed by atoms with Crippen molar-refractivity contribution in [2.75, 3.05) is 6.61 Å². The third-order valence-corrected chi connectivity index (χ3v) is 5.59. The van der Waals surface area contributed by atoms with Gasteiger partial charge in [0.05, 0.1) is 11.5 Å². The first-order chi connectivity index (χ1) is 11.1. The molecule has 3 heterocycles. The quantitative estimate of drug-likeness (QED) is 0.622. The van der Waals surface area contributed by atoms with Crippen molar-refractivity contribution in [1.29, 1.82) is 0 Å². The highest BCUT2D eigenvalue weighted by Gasteiger charge is 2.21. The predicted octanol–water partition coefficient (Wildman–Crippen LogP) is 4.95. The van der Waals surface area contributed by atoms with Gasteiger partial charge in [-0.2, -0.15) is 5.10 Å². The highest BCUT2D eigenvalue weighted by atomic mass is 79.9. The maximum atomic E-state index is 5.89. The van der Waals surface area contributed by atoms with Crippen LogP contribution in [0.2, 0.25) is 0 Å². The molecule has 4 rings (SSSR count). The summed E-state index contributed by atoms with van der Waals surface area (Å²) in [5.41, 5.74) is 2.39. The smallest absolute Gasteiger partial charge is 0.168 e. The lowest BCUT2D eigenvalue weighted by molar-refractivity contribution is 0.327. The number of benzene rings is 1. The van der Waals surface area contributed by atoms with Crippen molar-refractivity contribution in [2.45, 2.75) is 26.3 Å². The first-order valence-electron chi connectivity index (χ1n) is 7.59. The standard InChI is InChI=1S/C17H16BrN3OS/c1-10(2)21-17(19-9-20-21)16-8-13-12-7-11(18)3-4-14(12)22-6-5-15(13)23-16/h3-4,7-10H,5-6H2,1-2H3. The zero-order valence-corrected chi connectivity index (χ0v) is 15.3. The molecule has 4 nitrogen and oxygen atoms in total. The van der Waals surface area contributed by atoms with E-state index in [1.807, 2.05) is 16.8 Å². The van der Waals surface area contributed by atoms with Gasteiger partial charge in [-0.15, -0.1) is 11.3 Å². The molecule has 0 bridgehead atoms. The fourth-order valence-corrected chi connectivity index (χ4v) is 4.35. The second kappa shape index (κ2) is 5.76.